The summed E-state index contributed by atoms with van der Waals surface area (Å²) in [6, 6.07) is 5.10. The normalized spacial score (nSPS) is 11.0. The zero-order valence-corrected chi connectivity index (χ0v) is 12.6. The fraction of sp³-hybridized carbons (Fsp3) is 0.214. The van der Waals surface area contributed by atoms with Crippen molar-refractivity contribution in [3.8, 4) is 5.88 Å². The zero-order valence-electron chi connectivity index (χ0n) is 11.8. The molecule has 2 aromatic heterocycles. The number of hydrogen-bond acceptors (Lipinski definition) is 5. The molecule has 0 saturated carbocycles. The average molecular weight is 322 g/mol. The van der Waals surface area contributed by atoms with Crippen LogP contribution >= 0.6 is 11.6 Å². The molecule has 2 heterocycles. The maximum atomic E-state index is 12.1. The number of imidazole rings is 1. The van der Waals surface area contributed by atoms with Gasteiger partial charge in [0.05, 0.1) is 23.3 Å². The smallest absolute Gasteiger partial charge is 0.434 e. The summed E-state index contributed by atoms with van der Waals surface area (Å²) in [6.45, 7) is 3.55. The highest BCUT2D eigenvalue weighted by Gasteiger charge is 2.18. The number of H-pyrrole nitrogens is 1. The molecule has 0 amide bonds. The molecule has 0 saturated heterocycles. The van der Waals surface area contributed by atoms with Gasteiger partial charge in [0, 0.05) is 5.02 Å². The fourth-order valence-electron chi connectivity index (χ4n) is 2.23. The van der Waals surface area contributed by atoms with Gasteiger partial charge in [-0.1, -0.05) is 11.6 Å². The number of nitrogens with one attached hydrogen (secondary N) is 1. The first-order chi connectivity index (χ1) is 10.5. The van der Waals surface area contributed by atoms with Crippen molar-refractivity contribution in [1.29, 1.82) is 0 Å². The van der Waals surface area contributed by atoms with Crippen LogP contribution in [-0.4, -0.2) is 27.1 Å². The molecular weight excluding hydrogens is 310 g/mol. The molecular formula is C14H12ClN3O4. The van der Waals surface area contributed by atoms with Crippen molar-refractivity contribution < 1.29 is 14.3 Å². The van der Waals surface area contributed by atoms with Crippen molar-refractivity contribution in [2.75, 3.05) is 6.61 Å². The molecule has 3 aromatic rings. The van der Waals surface area contributed by atoms with Crippen LogP contribution in [0.2, 0.25) is 5.02 Å². The van der Waals surface area contributed by atoms with E-state index in [-0.39, 0.29) is 18.1 Å². The molecule has 0 aliphatic carbocycles. The standard InChI is InChI=1S/C14H12ClN3O4/c1-3-21-14(20)22-13-7(2)18-10-5-4-8(15)6-9(10)16-12(19)11(18)17-13/h4-6H,3H2,1-2H3,(H,16,19). The summed E-state index contributed by atoms with van der Waals surface area (Å²) in [4.78, 5) is 30.3. The zero-order chi connectivity index (χ0) is 15.9. The molecule has 8 heteroatoms. The van der Waals surface area contributed by atoms with Crippen LogP contribution in [0.4, 0.5) is 4.79 Å². The number of aryl methyl sites for hydroxylation is 1. The van der Waals surface area contributed by atoms with Crippen molar-refractivity contribution in [3.63, 3.8) is 0 Å². The van der Waals surface area contributed by atoms with E-state index in [1.165, 1.54) is 0 Å². The largest absolute Gasteiger partial charge is 0.515 e. The summed E-state index contributed by atoms with van der Waals surface area (Å²) < 4.78 is 11.4. The average Bonchev–Trinajstić information content (AvgIpc) is 2.77. The molecule has 0 atom stereocenters. The van der Waals surface area contributed by atoms with E-state index in [0.717, 1.165) is 0 Å². The van der Waals surface area contributed by atoms with Crippen LogP contribution in [-0.2, 0) is 4.74 Å². The molecule has 0 radical (unpaired) electrons. The minimum atomic E-state index is -0.863. The van der Waals surface area contributed by atoms with Gasteiger partial charge in [-0.05, 0) is 32.0 Å². The molecule has 114 valence electrons. The van der Waals surface area contributed by atoms with Gasteiger partial charge in [-0.25, -0.2) is 4.79 Å². The minimum absolute atomic E-state index is 0.0337. The van der Waals surface area contributed by atoms with Crippen LogP contribution in [0.1, 0.15) is 12.6 Å². The Labute approximate surface area is 129 Å². The Morgan fingerprint density at radius 1 is 1.45 bits per heavy atom. The number of hydrogen-bond donors (Lipinski definition) is 1. The lowest BCUT2D eigenvalue weighted by Crippen LogP contribution is -2.11. The second-order valence-electron chi connectivity index (χ2n) is 4.56. The van der Waals surface area contributed by atoms with Crippen molar-refractivity contribution in [2.45, 2.75) is 13.8 Å². The second-order valence-corrected chi connectivity index (χ2v) is 5.00. The number of carbonyl (C=O) groups is 1. The van der Waals surface area contributed by atoms with Gasteiger partial charge in [0.15, 0.2) is 0 Å². The molecule has 7 nitrogen and oxygen atoms in total. The molecule has 0 aliphatic rings. The number of aromatic nitrogens is 3. The van der Waals surface area contributed by atoms with Crippen molar-refractivity contribution in [1.82, 2.24) is 14.4 Å². The van der Waals surface area contributed by atoms with Crippen molar-refractivity contribution in [2.24, 2.45) is 0 Å². The summed E-state index contributed by atoms with van der Waals surface area (Å²) in [6.07, 6.45) is -0.863. The van der Waals surface area contributed by atoms with Gasteiger partial charge >= 0.3 is 6.16 Å². The lowest BCUT2D eigenvalue weighted by Gasteiger charge is -2.04. The quantitative estimate of drug-likeness (QED) is 0.733. The Balaban J connectivity index is 2.25. The molecule has 0 unspecified atom stereocenters. The number of ether oxygens (including phenoxy) is 2. The fourth-order valence-corrected chi connectivity index (χ4v) is 2.41. The van der Waals surface area contributed by atoms with Crippen LogP contribution in [0.25, 0.3) is 16.7 Å². The molecule has 0 aliphatic heterocycles. The Kier molecular flexibility index (Phi) is 3.50. The van der Waals surface area contributed by atoms with Gasteiger partial charge in [-0.2, -0.15) is 4.98 Å². The van der Waals surface area contributed by atoms with Gasteiger partial charge in [-0.3, -0.25) is 9.20 Å². The molecule has 0 spiro atoms. The Morgan fingerprint density at radius 2 is 2.23 bits per heavy atom. The summed E-state index contributed by atoms with van der Waals surface area (Å²) in [7, 11) is 0. The first-order valence-corrected chi connectivity index (χ1v) is 6.94. The van der Waals surface area contributed by atoms with Crippen molar-refractivity contribution in [3.05, 3.63) is 39.3 Å². The van der Waals surface area contributed by atoms with E-state index in [1.54, 1.807) is 36.4 Å². The number of halogens is 1. The summed E-state index contributed by atoms with van der Waals surface area (Å²) in [5.74, 6) is 0.0337. The lowest BCUT2D eigenvalue weighted by atomic mass is 10.3. The highest BCUT2D eigenvalue weighted by Crippen LogP contribution is 2.23. The molecule has 22 heavy (non-hydrogen) atoms. The van der Waals surface area contributed by atoms with E-state index in [1.807, 2.05) is 0 Å². The molecule has 1 aromatic carbocycles. The summed E-state index contributed by atoms with van der Waals surface area (Å²) in [5.41, 5.74) is 1.50. The van der Waals surface area contributed by atoms with Crippen LogP contribution < -0.4 is 10.3 Å². The number of aromatic amines is 1. The maximum absolute atomic E-state index is 12.1. The van der Waals surface area contributed by atoms with Crippen molar-refractivity contribution >= 4 is 34.4 Å². The molecule has 1 N–H and O–H groups in total. The third-order valence-electron chi connectivity index (χ3n) is 3.16. The van der Waals surface area contributed by atoms with Crippen LogP contribution in [0.15, 0.2) is 23.0 Å². The number of nitrogens with zero attached hydrogens (tertiary/aromatic N) is 2. The lowest BCUT2D eigenvalue weighted by molar-refractivity contribution is 0.102. The Hall–Kier alpha value is -2.54. The number of rotatable bonds is 2. The SMILES string of the molecule is CCOC(=O)Oc1nc2c(=O)[nH]c3cc(Cl)ccc3n2c1C. The van der Waals surface area contributed by atoms with Gasteiger partial charge in [0.1, 0.15) is 0 Å². The van der Waals surface area contributed by atoms with E-state index in [4.69, 9.17) is 21.1 Å². The summed E-state index contributed by atoms with van der Waals surface area (Å²) >= 11 is 5.94. The predicted octanol–water partition coefficient (Wildman–Crippen LogP) is 2.67. The van der Waals surface area contributed by atoms with Crippen LogP contribution in [0.3, 0.4) is 0 Å². The first-order valence-electron chi connectivity index (χ1n) is 6.56. The molecule has 0 fully saturated rings. The van der Waals surface area contributed by atoms with Crippen LogP contribution in [0, 0.1) is 6.92 Å². The van der Waals surface area contributed by atoms with Gasteiger partial charge in [-0.15, -0.1) is 0 Å². The Bertz CT molecular complexity index is 945. The highest BCUT2D eigenvalue weighted by molar-refractivity contribution is 6.31. The first kappa shape index (κ1) is 14.4. The monoisotopic (exact) mass is 321 g/mol. The number of carbonyl (C=O) groups excluding carboxylic acids is 1. The van der Waals surface area contributed by atoms with E-state index in [0.29, 0.717) is 21.7 Å². The summed E-state index contributed by atoms with van der Waals surface area (Å²) in [5, 5.41) is 0.503. The van der Waals surface area contributed by atoms with E-state index >= 15 is 0 Å². The topological polar surface area (TPSA) is 85.7 Å². The van der Waals surface area contributed by atoms with Gasteiger partial charge < -0.3 is 14.5 Å². The maximum Gasteiger partial charge on any atom is 0.515 e. The number of benzene rings is 1. The van der Waals surface area contributed by atoms with Gasteiger partial charge in [0.2, 0.25) is 11.5 Å². The third-order valence-corrected chi connectivity index (χ3v) is 3.39. The van der Waals surface area contributed by atoms with E-state index < -0.39 is 11.7 Å². The number of fused-ring (bicyclic) bond motifs is 3. The van der Waals surface area contributed by atoms with Gasteiger partial charge in [0.25, 0.3) is 5.56 Å². The van der Waals surface area contributed by atoms with E-state index in [2.05, 4.69) is 9.97 Å². The third kappa shape index (κ3) is 2.29. The van der Waals surface area contributed by atoms with Crippen LogP contribution in [0.5, 0.6) is 5.88 Å². The minimum Gasteiger partial charge on any atom is -0.434 e. The second kappa shape index (κ2) is 5.34. The van der Waals surface area contributed by atoms with E-state index in [9.17, 15) is 9.59 Å². The molecule has 0 bridgehead atoms. The molecule has 3 rings (SSSR count). The highest BCUT2D eigenvalue weighted by atomic mass is 35.5. The predicted molar refractivity (Wildman–Crippen MR) is 80.7 cm³/mol. The Morgan fingerprint density at radius 3 is 2.95 bits per heavy atom.